The second-order valence-corrected chi connectivity index (χ2v) is 8.87. The maximum atomic E-state index is 13.9. The highest BCUT2D eigenvalue weighted by molar-refractivity contribution is 7.80. The summed E-state index contributed by atoms with van der Waals surface area (Å²) in [5.74, 6) is 0.201. The van der Waals surface area contributed by atoms with E-state index in [1.54, 1.807) is 6.07 Å². The molecule has 1 saturated heterocycles. The maximum absolute atomic E-state index is 13.9. The number of halogens is 1. The van der Waals surface area contributed by atoms with Crippen LogP contribution in [0.15, 0.2) is 72.8 Å². The number of aryl methyl sites for hydroxylation is 1. The maximum Gasteiger partial charge on any atom is 0.264 e. The van der Waals surface area contributed by atoms with E-state index in [2.05, 4.69) is 20.4 Å². The first-order valence-electron chi connectivity index (χ1n) is 11.6. The molecule has 1 heterocycles. The number of hydrogen-bond acceptors (Lipinski definition) is 5. The predicted octanol–water partition coefficient (Wildman–Crippen LogP) is 4.35. The average molecular weight is 493 g/mol. The van der Waals surface area contributed by atoms with Crippen LogP contribution in [0.5, 0.6) is 5.75 Å². The molecule has 0 saturated carbocycles. The van der Waals surface area contributed by atoms with Crippen molar-refractivity contribution in [2.24, 2.45) is 0 Å². The van der Waals surface area contributed by atoms with Gasteiger partial charge in [-0.15, -0.1) is 0 Å². The van der Waals surface area contributed by atoms with Gasteiger partial charge in [-0.25, -0.2) is 4.39 Å². The number of benzene rings is 3. The van der Waals surface area contributed by atoms with Gasteiger partial charge in [-0.1, -0.05) is 36.4 Å². The van der Waals surface area contributed by atoms with Crippen LogP contribution in [-0.2, 0) is 11.3 Å². The van der Waals surface area contributed by atoms with E-state index in [4.69, 9.17) is 17.0 Å². The van der Waals surface area contributed by atoms with Gasteiger partial charge < -0.3 is 15.0 Å². The second kappa shape index (κ2) is 11.8. The Morgan fingerprint density at radius 1 is 0.971 bits per heavy atom. The van der Waals surface area contributed by atoms with Crippen LogP contribution < -0.4 is 20.3 Å². The van der Waals surface area contributed by atoms with Crippen molar-refractivity contribution in [3.63, 3.8) is 0 Å². The number of hydrogen-bond donors (Lipinski definition) is 2. The SMILES string of the molecule is Cc1ccccc1OCC(=O)NC(=S)Nc1ccc(N2CCN(Cc3ccccc3F)CC2)cc1. The Morgan fingerprint density at radius 2 is 1.66 bits per heavy atom. The minimum atomic E-state index is -0.323. The largest absolute Gasteiger partial charge is 0.483 e. The lowest BCUT2D eigenvalue weighted by atomic mass is 10.1. The minimum absolute atomic E-state index is 0.117. The molecule has 1 aliphatic heterocycles. The van der Waals surface area contributed by atoms with Gasteiger partial charge in [0.05, 0.1) is 0 Å². The molecule has 0 radical (unpaired) electrons. The van der Waals surface area contributed by atoms with Gasteiger partial charge >= 0.3 is 0 Å². The zero-order chi connectivity index (χ0) is 24.6. The molecular weight excluding hydrogens is 463 g/mol. The summed E-state index contributed by atoms with van der Waals surface area (Å²) in [5.41, 5.74) is 3.61. The van der Waals surface area contributed by atoms with Crippen molar-refractivity contribution in [2.75, 3.05) is 43.0 Å². The van der Waals surface area contributed by atoms with Gasteiger partial charge in [0.1, 0.15) is 11.6 Å². The van der Waals surface area contributed by atoms with Crippen LogP contribution in [0.1, 0.15) is 11.1 Å². The summed E-state index contributed by atoms with van der Waals surface area (Å²) < 4.78 is 19.5. The molecule has 4 rings (SSSR count). The van der Waals surface area contributed by atoms with Gasteiger partial charge in [-0.2, -0.15) is 0 Å². The van der Waals surface area contributed by atoms with Crippen LogP contribution >= 0.6 is 12.2 Å². The van der Waals surface area contributed by atoms with E-state index in [9.17, 15) is 9.18 Å². The lowest BCUT2D eigenvalue weighted by Gasteiger charge is -2.36. The van der Waals surface area contributed by atoms with Gasteiger partial charge in [0.2, 0.25) is 0 Å². The van der Waals surface area contributed by atoms with Gasteiger partial charge in [0, 0.05) is 49.7 Å². The molecule has 2 N–H and O–H groups in total. The summed E-state index contributed by atoms with van der Waals surface area (Å²) >= 11 is 5.26. The summed E-state index contributed by atoms with van der Waals surface area (Å²) in [4.78, 5) is 16.7. The molecule has 35 heavy (non-hydrogen) atoms. The smallest absolute Gasteiger partial charge is 0.264 e. The van der Waals surface area contributed by atoms with Crippen molar-refractivity contribution in [2.45, 2.75) is 13.5 Å². The molecule has 0 bridgehead atoms. The van der Waals surface area contributed by atoms with Crippen LogP contribution in [0.2, 0.25) is 0 Å². The van der Waals surface area contributed by atoms with Gasteiger partial charge in [0.25, 0.3) is 5.91 Å². The fraction of sp³-hybridized carbons (Fsp3) is 0.259. The molecular formula is C27H29FN4O2S. The number of carbonyl (C=O) groups is 1. The number of nitrogens with one attached hydrogen (secondary N) is 2. The molecule has 3 aromatic rings. The lowest BCUT2D eigenvalue weighted by Crippen LogP contribution is -2.46. The molecule has 0 aromatic heterocycles. The Bertz CT molecular complexity index is 1160. The zero-order valence-corrected chi connectivity index (χ0v) is 20.5. The molecule has 8 heteroatoms. The number of carbonyl (C=O) groups excluding carboxylic acids is 1. The summed E-state index contributed by atoms with van der Waals surface area (Å²) in [6, 6.07) is 22.4. The molecule has 3 aromatic carbocycles. The molecule has 182 valence electrons. The third kappa shape index (κ3) is 7.00. The van der Waals surface area contributed by atoms with Crippen LogP contribution in [0, 0.1) is 12.7 Å². The molecule has 1 fully saturated rings. The molecule has 0 aliphatic carbocycles. The van der Waals surface area contributed by atoms with E-state index >= 15 is 0 Å². The second-order valence-electron chi connectivity index (χ2n) is 8.46. The normalized spacial score (nSPS) is 13.8. The summed E-state index contributed by atoms with van der Waals surface area (Å²) in [7, 11) is 0. The fourth-order valence-electron chi connectivity index (χ4n) is 3.97. The van der Waals surface area contributed by atoms with Crippen molar-refractivity contribution in [3.8, 4) is 5.75 Å². The van der Waals surface area contributed by atoms with Gasteiger partial charge in [-0.05, 0) is 61.1 Å². The Kier molecular flexibility index (Phi) is 8.28. The molecule has 1 aliphatic rings. The number of amides is 1. The van der Waals surface area contributed by atoms with Crippen molar-refractivity contribution < 1.29 is 13.9 Å². The van der Waals surface area contributed by atoms with E-state index in [-0.39, 0.29) is 23.4 Å². The van der Waals surface area contributed by atoms with E-state index in [0.717, 1.165) is 48.7 Å². The Labute approximate surface area is 210 Å². The number of para-hydroxylation sites is 1. The minimum Gasteiger partial charge on any atom is -0.483 e. The van der Waals surface area contributed by atoms with E-state index in [1.807, 2.05) is 67.6 Å². The molecule has 0 spiro atoms. The number of piperazine rings is 1. The summed E-state index contributed by atoms with van der Waals surface area (Å²) in [6.07, 6.45) is 0. The first kappa shape index (κ1) is 24.6. The average Bonchev–Trinajstić information content (AvgIpc) is 2.86. The van der Waals surface area contributed by atoms with Crippen molar-refractivity contribution in [1.29, 1.82) is 0 Å². The highest BCUT2D eigenvalue weighted by atomic mass is 32.1. The van der Waals surface area contributed by atoms with Crippen LogP contribution in [0.25, 0.3) is 0 Å². The van der Waals surface area contributed by atoms with Crippen LogP contribution in [0.4, 0.5) is 15.8 Å². The van der Waals surface area contributed by atoms with E-state index in [1.165, 1.54) is 6.07 Å². The molecule has 0 atom stereocenters. The first-order chi connectivity index (χ1) is 17.0. The topological polar surface area (TPSA) is 56.8 Å². The number of nitrogens with zero attached hydrogens (tertiary/aromatic N) is 2. The van der Waals surface area contributed by atoms with Crippen LogP contribution in [0.3, 0.4) is 0 Å². The number of anilines is 2. The Hall–Kier alpha value is -3.49. The third-order valence-electron chi connectivity index (χ3n) is 5.92. The standard InChI is InChI=1S/C27H29FN4O2S/c1-20-6-2-5-9-25(20)34-19-26(33)30-27(35)29-22-10-12-23(13-11-22)32-16-14-31(15-17-32)18-21-7-3-4-8-24(21)28/h2-13H,14-19H2,1H3,(H2,29,30,33,35). The molecule has 1 amide bonds. The number of thiocarbonyl (C=S) groups is 1. The monoisotopic (exact) mass is 492 g/mol. The van der Waals surface area contributed by atoms with Gasteiger partial charge in [-0.3, -0.25) is 15.0 Å². The number of ether oxygens (including phenoxy) is 1. The fourth-order valence-corrected chi connectivity index (χ4v) is 4.21. The molecule has 0 unspecified atom stereocenters. The van der Waals surface area contributed by atoms with E-state index in [0.29, 0.717) is 12.3 Å². The summed E-state index contributed by atoms with van der Waals surface area (Å²) in [6.45, 7) is 5.92. The first-order valence-corrected chi connectivity index (χ1v) is 12.0. The Morgan fingerprint density at radius 3 is 2.37 bits per heavy atom. The Balaban J connectivity index is 1.21. The predicted molar refractivity (Wildman–Crippen MR) is 141 cm³/mol. The quantitative estimate of drug-likeness (QED) is 0.479. The lowest BCUT2D eigenvalue weighted by molar-refractivity contribution is -0.121. The van der Waals surface area contributed by atoms with Gasteiger partial charge in [0.15, 0.2) is 11.7 Å². The highest BCUT2D eigenvalue weighted by Crippen LogP contribution is 2.21. The van der Waals surface area contributed by atoms with Crippen molar-refractivity contribution in [1.82, 2.24) is 10.2 Å². The highest BCUT2D eigenvalue weighted by Gasteiger charge is 2.18. The zero-order valence-electron chi connectivity index (χ0n) is 19.7. The molecule has 6 nitrogen and oxygen atoms in total. The van der Waals surface area contributed by atoms with Crippen LogP contribution in [-0.4, -0.2) is 48.7 Å². The van der Waals surface area contributed by atoms with E-state index < -0.39 is 0 Å². The third-order valence-corrected chi connectivity index (χ3v) is 6.12. The van der Waals surface area contributed by atoms with Crippen molar-refractivity contribution in [3.05, 3.63) is 89.7 Å². The summed E-state index contributed by atoms with van der Waals surface area (Å²) in [5, 5.41) is 5.89. The number of rotatable bonds is 7. The van der Waals surface area contributed by atoms with Crippen molar-refractivity contribution >= 4 is 34.6 Å².